The second-order valence-corrected chi connectivity index (χ2v) is 50.3. The van der Waals surface area contributed by atoms with Gasteiger partial charge in [0, 0.05) is 116 Å². The zero-order valence-electron chi connectivity index (χ0n) is 105. The SMILES string of the molecule is CC(=O)CCCCCCC(=O)CC(C)(C)C.CC(=O)CCCCCCCC(=O)CC(C)(C)C.CCC(=O)CCCCCCC(=O)CC(C)(C)C.CCC(=O)CCCCCCCC(=O)CC(C)(C)C.CCCCCCCCC(=O)CC(C)(C)C.[CH2-]CC(=O)CC.[CH2-]CC(C)(C)C.[CH2-]CC(C)(C)C.[CH2-]CC(C)(C)C.[CH2-]CC(C)(C)C.[CH2-]CC(C)(C)C.[CH2-]CC(C)=O.[CH2-]CCC.[CH2-]CCC(=O)CC.[CH2-]CCC(C)=O.[W+2].[W+2].[W+2].[W+2].[W+2]. The molecule has 0 aliphatic heterocycles. The van der Waals surface area contributed by atoms with Crippen molar-refractivity contribution in [1.82, 2.24) is 0 Å². The van der Waals surface area contributed by atoms with E-state index in [1.165, 1.54) is 45.4 Å². The van der Waals surface area contributed by atoms with Gasteiger partial charge < -0.3 is 93.2 Å². The van der Waals surface area contributed by atoms with Crippen LogP contribution in [0.2, 0.25) is 0 Å². The Balaban J connectivity index is -0.0000000662. The zero-order valence-corrected chi connectivity index (χ0v) is 119. The summed E-state index contributed by atoms with van der Waals surface area (Å²) < 4.78 is 0. The Morgan fingerprint density at radius 1 is 0.158 bits per heavy atom. The Hall–Kier alpha value is -0.848. The third-order valence-corrected chi connectivity index (χ3v) is 20.0. The van der Waals surface area contributed by atoms with E-state index in [1.807, 2.05) is 27.7 Å². The fourth-order valence-corrected chi connectivity index (χ4v) is 10.1. The molecule has 13 nitrogen and oxygen atoms in total. The molecule has 0 rings (SSSR count). The summed E-state index contributed by atoms with van der Waals surface area (Å²) >= 11 is 0. The molecular formula is C128H250O13W5. The summed E-state index contributed by atoms with van der Waals surface area (Å²) in [5.41, 5.74) is 2.80. The normalized spacial score (nSPS) is 10.6. The fourth-order valence-electron chi connectivity index (χ4n) is 10.1. The van der Waals surface area contributed by atoms with Crippen LogP contribution >= 0.6 is 0 Å². The molecule has 146 heavy (non-hydrogen) atoms. The van der Waals surface area contributed by atoms with Gasteiger partial charge in [0.2, 0.25) is 0 Å². The number of carbonyl (C=O) groups excluding carboxylic acids is 13. The van der Waals surface area contributed by atoms with Gasteiger partial charge in [-0.1, -0.05) is 379 Å². The zero-order chi connectivity index (χ0) is 114. The Labute approximate surface area is 987 Å². The third kappa shape index (κ3) is 267. The van der Waals surface area contributed by atoms with E-state index in [0.29, 0.717) is 182 Å². The molecule has 0 aromatic rings. The predicted octanol–water partition coefficient (Wildman–Crippen LogP) is 39.6. The van der Waals surface area contributed by atoms with Crippen molar-refractivity contribution in [2.24, 2.45) is 54.1 Å². The first kappa shape index (κ1) is 193. The molecule has 0 unspecified atom stereocenters. The van der Waals surface area contributed by atoms with E-state index in [4.69, 9.17) is 0 Å². The molecule has 0 radical (unpaired) electrons. The van der Waals surface area contributed by atoms with Gasteiger partial charge in [0.25, 0.3) is 0 Å². The molecule has 0 heterocycles. The van der Waals surface area contributed by atoms with Crippen LogP contribution in [0.4, 0.5) is 0 Å². The van der Waals surface area contributed by atoms with Crippen molar-refractivity contribution in [3.05, 3.63) is 69.2 Å². The minimum Gasteiger partial charge on any atom is -0.343 e. The van der Waals surface area contributed by atoms with Gasteiger partial charge in [0.05, 0.1) is 5.78 Å². The average Bonchev–Trinajstić information content (AvgIpc) is 0.960. The molecule has 0 aliphatic carbocycles. The van der Waals surface area contributed by atoms with Crippen molar-refractivity contribution in [2.45, 2.75) is 630 Å². The van der Waals surface area contributed by atoms with E-state index in [1.54, 1.807) is 20.8 Å². The first-order valence-electron chi connectivity index (χ1n) is 55.7. The Bertz CT molecular complexity index is 2790. The van der Waals surface area contributed by atoms with Gasteiger partial charge in [0.1, 0.15) is 69.4 Å². The number of hydrogen-bond acceptors (Lipinski definition) is 13. The van der Waals surface area contributed by atoms with Crippen molar-refractivity contribution in [2.75, 3.05) is 0 Å². The molecule has 0 fully saturated rings. The van der Waals surface area contributed by atoms with Crippen LogP contribution in [0.3, 0.4) is 0 Å². The van der Waals surface area contributed by atoms with Crippen LogP contribution in [0.1, 0.15) is 630 Å². The molecule has 0 N–H and O–H groups in total. The van der Waals surface area contributed by atoms with Crippen LogP contribution < -0.4 is 0 Å². The van der Waals surface area contributed by atoms with E-state index in [0.717, 1.165) is 205 Å². The standard InChI is InChI=1S/C16H30O2.2C15H28O2.C14H26O2.C14H28O.C6H11O.5C6H13.2C5H9O.C4H7O.C4H9.5W/c1-5-14(17)11-9-7-6-8-10-12-15(18)13-16(2,3)4;1-13(16)10-8-6-5-7-9-11-14(17)12-15(2,3)4;1-5-13(16)10-8-6-7-9-11-14(17)12-15(2,3)4;1-12(15)9-7-5-6-8-10-13(16)11-14(2,3)4;1-5-6-7-8-9-10-11-13(15)12-14(2,3)4;1-3-5-6(7)4-2;5*1-5-6(2,3)4;1-3-4-5(2)6;1-3-5(6)4-2;1-3-4(2)5;1-3-4-2;;;;;/h5-13H2,1-4H3;2*5-12H2,1-4H3;5-11H2,1-4H3;5-12H2,1-4H3;1,3-5H2,2H3;5*1,5H2,2-4H3;2*1,3-4H2,2H3;1,3H2,2H3;1,3-4H2,2H3;;;;;/q;;;;;10*-1;5*+2. The van der Waals surface area contributed by atoms with Crippen LogP contribution in [-0.2, 0) is 168 Å². The Kier molecular flexibility index (Phi) is 166. The van der Waals surface area contributed by atoms with Gasteiger partial charge in [-0.25, -0.2) is 0 Å². The second kappa shape index (κ2) is 126. The molecule has 18 heteroatoms. The van der Waals surface area contributed by atoms with Gasteiger partial charge >= 0.3 is 105 Å². The predicted molar refractivity (Wildman–Crippen MR) is 624 cm³/mol. The average molecular weight is 2920 g/mol. The smallest absolute Gasteiger partial charge is 0.343 e. The topological polar surface area (TPSA) is 222 Å². The maximum absolute atomic E-state index is 11.6. The number of Topliss-reactive ketones (excluding diaryl/α,β-unsaturated/α-hetero) is 13. The molecule has 0 saturated carbocycles. The Morgan fingerprint density at radius 2 is 0.295 bits per heavy atom. The van der Waals surface area contributed by atoms with Crippen molar-refractivity contribution >= 4 is 75.2 Å². The number of ketones is 13. The summed E-state index contributed by atoms with van der Waals surface area (Å²) in [7, 11) is 0. The van der Waals surface area contributed by atoms with Gasteiger partial charge in [-0.3, -0.25) is 38.4 Å². The molecule has 0 saturated heterocycles. The Morgan fingerprint density at radius 3 is 0.384 bits per heavy atom. The van der Waals surface area contributed by atoms with Gasteiger partial charge in [0.15, 0.2) is 0 Å². The van der Waals surface area contributed by atoms with Gasteiger partial charge in [-0.15, -0.1) is 12.8 Å². The van der Waals surface area contributed by atoms with Crippen LogP contribution in [-0.4, -0.2) is 75.2 Å². The van der Waals surface area contributed by atoms with Crippen LogP contribution in [0, 0.1) is 123 Å². The monoisotopic (exact) mass is 2920 g/mol. The maximum atomic E-state index is 11.6. The minimum atomic E-state index is 0. The third-order valence-electron chi connectivity index (χ3n) is 20.0. The summed E-state index contributed by atoms with van der Waals surface area (Å²) in [5.74, 6) is 4.17. The van der Waals surface area contributed by atoms with Crippen LogP contribution in [0.5, 0.6) is 0 Å². The van der Waals surface area contributed by atoms with Gasteiger partial charge in [-0.2, -0.15) is 51.4 Å². The molecule has 0 atom stereocenters. The molecule has 0 spiro atoms. The fraction of sp³-hybridized carbons (Fsp3) is 0.820. The first-order valence-corrected chi connectivity index (χ1v) is 55.7. The van der Waals surface area contributed by atoms with Gasteiger partial charge in [-0.05, 0) is 125 Å². The molecule has 0 amide bonds. The van der Waals surface area contributed by atoms with E-state index in [2.05, 4.69) is 291 Å². The largest absolute Gasteiger partial charge is 2.00 e. The van der Waals surface area contributed by atoms with Crippen molar-refractivity contribution in [1.29, 1.82) is 0 Å². The van der Waals surface area contributed by atoms with E-state index in [-0.39, 0.29) is 161 Å². The summed E-state index contributed by atoms with van der Waals surface area (Å²) in [6.07, 6.45) is 50.3. The van der Waals surface area contributed by atoms with Crippen molar-refractivity contribution < 1.29 is 168 Å². The number of carbonyl (C=O) groups is 13. The molecule has 0 bridgehead atoms. The number of unbranched alkanes of at least 4 members (excludes halogenated alkanes) is 20. The summed E-state index contributed by atoms with van der Waals surface area (Å²) in [6.45, 7) is 119. The molecule has 870 valence electrons. The van der Waals surface area contributed by atoms with Crippen molar-refractivity contribution in [3.8, 4) is 0 Å². The van der Waals surface area contributed by atoms with Crippen molar-refractivity contribution in [3.63, 3.8) is 0 Å². The van der Waals surface area contributed by atoms with Crippen LogP contribution in [0.15, 0.2) is 0 Å². The molecular weight excluding hydrogens is 2660 g/mol. The second-order valence-electron chi connectivity index (χ2n) is 50.3. The number of rotatable bonds is 53. The summed E-state index contributed by atoms with van der Waals surface area (Å²) in [4.78, 5) is 142. The van der Waals surface area contributed by atoms with E-state index < -0.39 is 0 Å². The number of hydrogen-bond donors (Lipinski definition) is 0. The van der Waals surface area contributed by atoms with E-state index >= 15 is 0 Å². The van der Waals surface area contributed by atoms with Crippen LogP contribution in [0.25, 0.3) is 0 Å². The summed E-state index contributed by atoms with van der Waals surface area (Å²) in [6, 6.07) is 0. The summed E-state index contributed by atoms with van der Waals surface area (Å²) in [5, 5.41) is 0. The molecule has 0 aromatic carbocycles. The quantitative estimate of drug-likeness (QED) is 0.0409. The molecule has 0 aliphatic rings. The first-order chi connectivity index (χ1) is 64.1. The maximum Gasteiger partial charge on any atom is 2.00 e. The van der Waals surface area contributed by atoms with E-state index in [9.17, 15) is 62.3 Å². The molecule has 0 aromatic heterocycles. The minimum absolute atomic E-state index is 0.